The molecule has 0 saturated heterocycles. The molecule has 2 amide bonds. The third-order valence-corrected chi connectivity index (χ3v) is 5.72. The molecule has 2 heterocycles. The van der Waals surface area contributed by atoms with Gasteiger partial charge >= 0.3 is 144 Å². The zero-order valence-electron chi connectivity index (χ0n) is 12.9. The molecule has 2 aromatic rings. The molecule has 3 N–H and O–H groups in total. The van der Waals surface area contributed by atoms with Crippen LogP contribution in [0.2, 0.25) is 0 Å². The van der Waals surface area contributed by atoms with Crippen molar-refractivity contribution < 1.29 is 19.1 Å². The van der Waals surface area contributed by atoms with E-state index in [0.29, 0.717) is 22.4 Å². The molecule has 1 aliphatic rings. The molecule has 0 unspecified atom stereocenters. The van der Waals surface area contributed by atoms with Crippen LogP contribution < -0.4 is 10.6 Å². The van der Waals surface area contributed by atoms with Crippen molar-refractivity contribution in [3.63, 3.8) is 0 Å². The number of rotatable bonds is 4. The molecular weight excluding hydrogens is 378 g/mol. The Kier molecular flexibility index (Phi) is 4.66. The first-order valence-electron chi connectivity index (χ1n) is 7.32. The van der Waals surface area contributed by atoms with Crippen LogP contribution in [0.1, 0.15) is 24.8 Å². The number of nitrogens with one attached hydrogen (secondary N) is 2. The van der Waals surface area contributed by atoms with Gasteiger partial charge in [-0.1, -0.05) is 0 Å². The first-order valence-corrected chi connectivity index (χ1v) is 9.03. The number of aryl methyl sites for hydroxylation is 1. The number of aliphatic hydroxyl groups excluding tert-OH is 1. The maximum atomic E-state index is 13.5. The van der Waals surface area contributed by atoms with Crippen LogP contribution in [0, 0.1) is 12.7 Å². The Morgan fingerprint density at radius 1 is 1.42 bits per heavy atom. The van der Waals surface area contributed by atoms with Gasteiger partial charge in [-0.2, -0.15) is 0 Å². The van der Waals surface area contributed by atoms with E-state index in [0.717, 1.165) is 8.87 Å². The molecular formula is C17H15FN2O3Se. The Bertz CT molecular complexity index is 858. The minimum atomic E-state index is -0.402. The van der Waals surface area contributed by atoms with E-state index < -0.39 is 5.82 Å². The summed E-state index contributed by atoms with van der Waals surface area (Å²) in [7, 11) is 0. The van der Waals surface area contributed by atoms with Crippen LogP contribution in [0.4, 0.5) is 10.1 Å². The van der Waals surface area contributed by atoms with E-state index in [1.54, 1.807) is 12.1 Å². The fourth-order valence-electron chi connectivity index (χ4n) is 2.51. The predicted octanol–water partition coefficient (Wildman–Crippen LogP) is 1.41. The van der Waals surface area contributed by atoms with Gasteiger partial charge in [0.2, 0.25) is 0 Å². The second-order valence-corrected chi connectivity index (χ2v) is 8.00. The molecule has 5 nitrogen and oxygen atoms in total. The van der Waals surface area contributed by atoms with Crippen LogP contribution in [0.15, 0.2) is 24.3 Å². The number of amides is 2. The number of halogens is 1. The monoisotopic (exact) mass is 394 g/mol. The van der Waals surface area contributed by atoms with Crippen LogP contribution in [0.3, 0.4) is 0 Å². The summed E-state index contributed by atoms with van der Waals surface area (Å²) in [6.45, 7) is 1.95. The number of carbonyl (C=O) groups is 2. The molecule has 0 bridgehead atoms. The summed E-state index contributed by atoms with van der Waals surface area (Å²) in [6.07, 6.45) is 1.72. The molecule has 0 aliphatic carbocycles. The Hall–Kier alpha value is -2.21. The van der Waals surface area contributed by atoms with Crippen LogP contribution in [0.5, 0.6) is 0 Å². The SMILES string of the molecule is Cc1[se]c(/C=C2\C(=O)Nc3ccc(F)cc32)cc1C(=O)NCCO. The number of carbonyl (C=O) groups excluding carboxylic acids is 2. The van der Waals surface area contributed by atoms with Gasteiger partial charge in [0.05, 0.1) is 0 Å². The summed E-state index contributed by atoms with van der Waals surface area (Å²) >= 11 is -0.0742. The Balaban J connectivity index is 1.94. The van der Waals surface area contributed by atoms with E-state index in [-0.39, 0.29) is 39.5 Å². The molecule has 1 aromatic carbocycles. The van der Waals surface area contributed by atoms with Crippen molar-refractivity contribution in [1.29, 1.82) is 0 Å². The van der Waals surface area contributed by atoms with E-state index in [4.69, 9.17) is 5.11 Å². The molecule has 3 rings (SSSR count). The van der Waals surface area contributed by atoms with Gasteiger partial charge in [-0.05, 0) is 0 Å². The van der Waals surface area contributed by atoms with E-state index in [1.807, 2.05) is 6.92 Å². The van der Waals surface area contributed by atoms with Crippen LogP contribution >= 0.6 is 0 Å². The van der Waals surface area contributed by atoms with E-state index in [1.165, 1.54) is 18.2 Å². The quantitative estimate of drug-likeness (QED) is 0.543. The third kappa shape index (κ3) is 3.19. The van der Waals surface area contributed by atoms with Gasteiger partial charge in [0.1, 0.15) is 0 Å². The van der Waals surface area contributed by atoms with Crippen molar-refractivity contribution in [2.45, 2.75) is 6.92 Å². The Morgan fingerprint density at radius 2 is 2.21 bits per heavy atom. The minimum absolute atomic E-state index is 0.0742. The number of fused-ring (bicyclic) bond motifs is 1. The van der Waals surface area contributed by atoms with E-state index >= 15 is 0 Å². The zero-order chi connectivity index (χ0) is 17.3. The number of aliphatic hydroxyl groups is 1. The maximum absolute atomic E-state index is 13.5. The molecule has 1 aromatic heterocycles. The average molecular weight is 393 g/mol. The number of hydrogen-bond donors (Lipinski definition) is 3. The number of benzene rings is 1. The Labute approximate surface area is 143 Å². The molecule has 0 fully saturated rings. The van der Waals surface area contributed by atoms with Gasteiger partial charge in [-0.15, -0.1) is 0 Å². The van der Waals surface area contributed by atoms with Crippen molar-refractivity contribution in [2.24, 2.45) is 0 Å². The zero-order valence-corrected chi connectivity index (χ0v) is 14.6. The third-order valence-electron chi connectivity index (χ3n) is 3.63. The summed E-state index contributed by atoms with van der Waals surface area (Å²) in [5.74, 6) is -0.914. The van der Waals surface area contributed by atoms with Crippen molar-refractivity contribution in [3.05, 3.63) is 50.1 Å². The molecule has 124 valence electrons. The first kappa shape index (κ1) is 16.6. The van der Waals surface area contributed by atoms with Gasteiger partial charge in [0.15, 0.2) is 0 Å². The second kappa shape index (κ2) is 6.73. The van der Waals surface area contributed by atoms with Gasteiger partial charge in [0.25, 0.3) is 0 Å². The fourth-order valence-corrected chi connectivity index (χ4v) is 4.54. The number of hydrogen-bond acceptors (Lipinski definition) is 3. The van der Waals surface area contributed by atoms with E-state index in [2.05, 4.69) is 10.6 Å². The van der Waals surface area contributed by atoms with Gasteiger partial charge in [-0.3, -0.25) is 0 Å². The summed E-state index contributed by atoms with van der Waals surface area (Å²) in [5, 5.41) is 14.1. The second-order valence-electron chi connectivity index (χ2n) is 5.30. The van der Waals surface area contributed by atoms with Crippen molar-refractivity contribution >= 4 is 43.7 Å². The molecule has 1 aliphatic heterocycles. The molecule has 0 saturated carbocycles. The predicted molar refractivity (Wildman–Crippen MR) is 90.4 cm³/mol. The van der Waals surface area contributed by atoms with Gasteiger partial charge in [0, 0.05) is 0 Å². The first-order chi connectivity index (χ1) is 11.5. The van der Waals surface area contributed by atoms with Crippen molar-refractivity contribution in [2.75, 3.05) is 18.5 Å². The molecule has 0 atom stereocenters. The van der Waals surface area contributed by atoms with Gasteiger partial charge in [-0.25, -0.2) is 0 Å². The topological polar surface area (TPSA) is 78.4 Å². The summed E-state index contributed by atoms with van der Waals surface area (Å²) in [4.78, 5) is 24.2. The average Bonchev–Trinajstić information content (AvgIpc) is 3.06. The van der Waals surface area contributed by atoms with Crippen LogP contribution in [-0.4, -0.2) is 44.6 Å². The number of anilines is 1. The van der Waals surface area contributed by atoms with Crippen molar-refractivity contribution in [1.82, 2.24) is 5.32 Å². The molecule has 7 heteroatoms. The Morgan fingerprint density at radius 3 is 2.96 bits per heavy atom. The summed E-state index contributed by atoms with van der Waals surface area (Å²) in [6, 6.07) is 5.92. The standard InChI is InChI=1S/C17H15FN2O3Se/c1-9-12(16(22)19-4-5-21)7-11(24-9)8-14-13-6-10(18)2-3-15(13)20-17(14)23/h2-3,6-8,21H,4-5H2,1H3,(H,19,22)(H,20,23)/b14-8-. The normalized spacial score (nSPS) is 14.6. The van der Waals surface area contributed by atoms with Crippen molar-refractivity contribution in [3.8, 4) is 0 Å². The van der Waals surface area contributed by atoms with E-state index in [9.17, 15) is 14.0 Å². The molecule has 0 spiro atoms. The fraction of sp³-hybridized carbons (Fsp3) is 0.176. The van der Waals surface area contributed by atoms with Crippen LogP contribution in [0.25, 0.3) is 11.6 Å². The summed E-state index contributed by atoms with van der Waals surface area (Å²) in [5.41, 5.74) is 2.09. The van der Waals surface area contributed by atoms with Gasteiger partial charge < -0.3 is 0 Å². The van der Waals surface area contributed by atoms with Crippen LogP contribution in [-0.2, 0) is 4.79 Å². The molecule has 24 heavy (non-hydrogen) atoms. The summed E-state index contributed by atoms with van der Waals surface area (Å²) < 4.78 is 15.3. The molecule has 0 radical (unpaired) electrons.